The average Bonchev–Trinajstić information content (AvgIpc) is 3.29. The topological polar surface area (TPSA) is 54.3 Å². The fraction of sp³-hybridized carbons (Fsp3) is 0.286. The van der Waals surface area contributed by atoms with E-state index in [1.165, 1.54) is 0 Å². The molecule has 0 saturated carbocycles. The van der Waals surface area contributed by atoms with Gasteiger partial charge in [-0.25, -0.2) is 0 Å². The first-order valence-corrected chi connectivity index (χ1v) is 8.79. The van der Waals surface area contributed by atoms with E-state index in [1.54, 1.807) is 0 Å². The van der Waals surface area contributed by atoms with Gasteiger partial charge in [0.1, 0.15) is 11.3 Å². The Morgan fingerprint density at radius 1 is 1.19 bits per heavy atom. The Bertz CT molecular complexity index is 913. The van der Waals surface area contributed by atoms with Crippen LogP contribution in [0.5, 0.6) is 0 Å². The maximum atomic E-state index is 12.7. The fourth-order valence-corrected chi connectivity index (χ4v) is 3.63. The van der Waals surface area contributed by atoms with Gasteiger partial charge in [-0.3, -0.25) is 4.79 Å². The van der Waals surface area contributed by atoms with Crippen LogP contribution >= 0.6 is 12.4 Å². The quantitative estimate of drug-likeness (QED) is 0.724. The number of furan rings is 1. The number of halogens is 1. The molecule has 1 aliphatic heterocycles. The number of aryl methyl sites for hydroxylation is 1. The van der Waals surface area contributed by atoms with Crippen molar-refractivity contribution >= 4 is 29.3 Å². The Kier molecular flexibility index (Phi) is 5.64. The normalized spacial score (nSPS) is 16.4. The van der Waals surface area contributed by atoms with E-state index in [0.717, 1.165) is 52.9 Å². The molecule has 5 heteroatoms. The summed E-state index contributed by atoms with van der Waals surface area (Å²) in [5, 5.41) is 7.50. The number of carbonyl (C=O) groups excluding carboxylic acids is 1. The molecule has 4 rings (SSSR count). The van der Waals surface area contributed by atoms with E-state index >= 15 is 0 Å². The van der Waals surface area contributed by atoms with Gasteiger partial charge >= 0.3 is 0 Å². The summed E-state index contributed by atoms with van der Waals surface area (Å²) in [6, 6.07) is 15.9. The van der Waals surface area contributed by atoms with E-state index in [4.69, 9.17) is 4.42 Å². The number of hydrogen-bond donors (Lipinski definition) is 2. The van der Waals surface area contributed by atoms with Crippen molar-refractivity contribution in [3.05, 3.63) is 71.0 Å². The van der Waals surface area contributed by atoms with Crippen molar-refractivity contribution in [2.75, 3.05) is 13.1 Å². The van der Waals surface area contributed by atoms with Crippen LogP contribution in [0.2, 0.25) is 0 Å². The first-order chi connectivity index (χ1) is 12.2. The van der Waals surface area contributed by atoms with Gasteiger partial charge in [-0.1, -0.05) is 36.4 Å². The largest absolute Gasteiger partial charge is 0.459 e. The second-order valence-electron chi connectivity index (χ2n) is 6.61. The number of carbonyl (C=O) groups is 1. The predicted octanol–water partition coefficient (Wildman–Crippen LogP) is 4.17. The molecular weight excluding hydrogens is 348 g/mol. The third-order valence-corrected chi connectivity index (χ3v) is 5.06. The lowest BCUT2D eigenvalue weighted by molar-refractivity contribution is 0.0947. The van der Waals surface area contributed by atoms with Crippen molar-refractivity contribution in [2.24, 2.45) is 0 Å². The summed E-state index contributed by atoms with van der Waals surface area (Å²) in [6.45, 7) is 4.38. The monoisotopic (exact) mass is 370 g/mol. The zero-order valence-electron chi connectivity index (χ0n) is 14.7. The van der Waals surface area contributed by atoms with Crippen molar-refractivity contribution < 1.29 is 9.21 Å². The first kappa shape index (κ1) is 18.5. The third kappa shape index (κ3) is 3.48. The van der Waals surface area contributed by atoms with Gasteiger partial charge in [0.15, 0.2) is 0 Å². The van der Waals surface area contributed by atoms with E-state index in [2.05, 4.69) is 16.7 Å². The van der Waals surface area contributed by atoms with Crippen LogP contribution < -0.4 is 10.6 Å². The standard InChI is InChI=1S/C21H22N2O2.ClH/c1-14-16-6-4-5-9-19(16)25-20(14)13-23-21(24)18-8-3-2-7-17(18)15-10-11-22-12-15;/h2-9,15,22H,10-13H2,1H3,(H,23,24);1H. The van der Waals surface area contributed by atoms with Crippen molar-refractivity contribution in [1.82, 2.24) is 10.6 Å². The molecule has 2 aromatic carbocycles. The Hall–Kier alpha value is -2.30. The predicted molar refractivity (Wildman–Crippen MR) is 106 cm³/mol. The lowest BCUT2D eigenvalue weighted by atomic mass is 9.93. The SMILES string of the molecule is Cc1c(CNC(=O)c2ccccc2C2CCNC2)oc2ccccc12.Cl. The van der Waals surface area contributed by atoms with Crippen molar-refractivity contribution in [2.45, 2.75) is 25.8 Å². The lowest BCUT2D eigenvalue weighted by Crippen LogP contribution is -2.25. The molecule has 1 unspecified atom stereocenters. The van der Waals surface area contributed by atoms with E-state index in [-0.39, 0.29) is 18.3 Å². The Balaban J connectivity index is 0.00000196. The summed E-state index contributed by atoms with van der Waals surface area (Å²) < 4.78 is 5.89. The highest BCUT2D eigenvalue weighted by Crippen LogP contribution is 2.27. The van der Waals surface area contributed by atoms with Crippen LogP contribution in [0.25, 0.3) is 11.0 Å². The van der Waals surface area contributed by atoms with E-state index in [1.807, 2.05) is 49.4 Å². The summed E-state index contributed by atoms with van der Waals surface area (Å²) in [4.78, 5) is 12.7. The third-order valence-electron chi connectivity index (χ3n) is 5.06. The van der Waals surface area contributed by atoms with Crippen molar-refractivity contribution in [3.63, 3.8) is 0 Å². The van der Waals surface area contributed by atoms with Gasteiger partial charge in [0.05, 0.1) is 6.54 Å². The molecule has 26 heavy (non-hydrogen) atoms. The van der Waals surface area contributed by atoms with Crippen molar-refractivity contribution in [3.8, 4) is 0 Å². The number of amides is 1. The molecule has 4 nitrogen and oxygen atoms in total. The lowest BCUT2D eigenvalue weighted by Gasteiger charge is -2.14. The van der Waals surface area contributed by atoms with Gasteiger partial charge in [-0.2, -0.15) is 0 Å². The smallest absolute Gasteiger partial charge is 0.251 e. The Morgan fingerprint density at radius 2 is 1.96 bits per heavy atom. The maximum Gasteiger partial charge on any atom is 0.251 e. The van der Waals surface area contributed by atoms with Crippen molar-refractivity contribution in [1.29, 1.82) is 0 Å². The highest BCUT2D eigenvalue weighted by molar-refractivity contribution is 5.96. The van der Waals surface area contributed by atoms with E-state index < -0.39 is 0 Å². The summed E-state index contributed by atoms with van der Waals surface area (Å²) in [7, 11) is 0. The first-order valence-electron chi connectivity index (χ1n) is 8.79. The molecule has 136 valence electrons. The van der Waals surface area contributed by atoms with Gasteiger partial charge in [0.25, 0.3) is 5.91 Å². The summed E-state index contributed by atoms with van der Waals surface area (Å²) in [6.07, 6.45) is 1.08. The molecule has 0 aliphatic carbocycles. The average molecular weight is 371 g/mol. The fourth-order valence-electron chi connectivity index (χ4n) is 3.63. The molecule has 1 saturated heterocycles. The number of hydrogen-bond acceptors (Lipinski definition) is 3. The molecule has 1 aliphatic rings. The van der Waals surface area contributed by atoms with Crippen LogP contribution in [-0.4, -0.2) is 19.0 Å². The maximum absolute atomic E-state index is 12.7. The molecule has 3 aromatic rings. The van der Waals surface area contributed by atoms with Crippen LogP contribution in [0, 0.1) is 6.92 Å². The highest BCUT2D eigenvalue weighted by Gasteiger charge is 2.22. The molecule has 1 amide bonds. The van der Waals surface area contributed by atoms with Gasteiger partial charge in [-0.15, -0.1) is 12.4 Å². The number of nitrogens with one attached hydrogen (secondary N) is 2. The minimum absolute atomic E-state index is 0. The van der Waals surface area contributed by atoms with Crippen LogP contribution in [0.15, 0.2) is 52.9 Å². The van der Waals surface area contributed by atoms with Crippen LogP contribution in [-0.2, 0) is 6.54 Å². The zero-order valence-corrected chi connectivity index (χ0v) is 15.6. The molecule has 2 N–H and O–H groups in total. The molecule has 1 fully saturated rings. The second-order valence-corrected chi connectivity index (χ2v) is 6.61. The minimum atomic E-state index is -0.0395. The molecule has 1 aromatic heterocycles. The Morgan fingerprint density at radius 3 is 2.73 bits per heavy atom. The van der Waals surface area contributed by atoms with E-state index in [9.17, 15) is 4.79 Å². The molecule has 2 heterocycles. The second kappa shape index (κ2) is 7.94. The number of para-hydroxylation sites is 1. The molecule has 1 atom stereocenters. The van der Waals surface area contributed by atoms with Gasteiger partial charge in [-0.05, 0) is 43.5 Å². The molecule has 0 bridgehead atoms. The zero-order chi connectivity index (χ0) is 17.2. The summed E-state index contributed by atoms with van der Waals surface area (Å²) in [5.74, 6) is 1.19. The number of benzene rings is 2. The van der Waals surface area contributed by atoms with Gasteiger partial charge in [0, 0.05) is 23.1 Å². The van der Waals surface area contributed by atoms with Gasteiger partial charge in [0.2, 0.25) is 0 Å². The molecular formula is C21H23ClN2O2. The van der Waals surface area contributed by atoms with Crippen LogP contribution in [0.4, 0.5) is 0 Å². The highest BCUT2D eigenvalue weighted by atomic mass is 35.5. The number of fused-ring (bicyclic) bond motifs is 1. The summed E-state index contributed by atoms with van der Waals surface area (Å²) >= 11 is 0. The van der Waals surface area contributed by atoms with Crippen LogP contribution in [0.1, 0.15) is 39.6 Å². The van der Waals surface area contributed by atoms with Gasteiger partial charge < -0.3 is 15.1 Å². The Labute approximate surface area is 159 Å². The molecule has 0 spiro atoms. The van der Waals surface area contributed by atoms with E-state index in [0.29, 0.717) is 12.5 Å². The number of rotatable bonds is 4. The minimum Gasteiger partial charge on any atom is -0.459 e. The van der Waals surface area contributed by atoms with Crippen LogP contribution in [0.3, 0.4) is 0 Å². The molecule has 0 radical (unpaired) electrons. The summed E-state index contributed by atoms with van der Waals surface area (Å²) in [5.41, 5.74) is 3.85.